The molecule has 0 radical (unpaired) electrons. The van der Waals surface area contributed by atoms with Crippen LogP contribution in [0.4, 0.5) is 0 Å². The van der Waals surface area contributed by atoms with Crippen molar-refractivity contribution in [2.45, 2.75) is 25.7 Å². The second kappa shape index (κ2) is 9.49. The van der Waals surface area contributed by atoms with E-state index in [1.165, 1.54) is 12.3 Å². The Morgan fingerprint density at radius 1 is 0.941 bits per heavy atom. The fourth-order valence-electron chi connectivity index (χ4n) is 3.49. The Labute approximate surface area is 201 Å². The summed E-state index contributed by atoms with van der Waals surface area (Å²) in [7, 11) is 0. The summed E-state index contributed by atoms with van der Waals surface area (Å²) in [5.41, 5.74) is 2.18. The van der Waals surface area contributed by atoms with E-state index < -0.39 is 5.97 Å². The summed E-state index contributed by atoms with van der Waals surface area (Å²) in [6, 6.07) is 19.6. The van der Waals surface area contributed by atoms with Gasteiger partial charge >= 0.3 is 5.97 Å². The quantitative estimate of drug-likeness (QED) is 0.283. The Morgan fingerprint density at radius 3 is 2.56 bits per heavy atom. The predicted octanol–water partition coefficient (Wildman–Crippen LogP) is 6.51. The number of hydrogen-bond donors (Lipinski definition) is 0. The van der Waals surface area contributed by atoms with E-state index in [1.54, 1.807) is 24.3 Å². The first-order chi connectivity index (χ1) is 16.6. The number of rotatable bonds is 7. The predicted molar refractivity (Wildman–Crippen MR) is 126 cm³/mol. The number of carbonyl (C=O) groups is 1. The van der Waals surface area contributed by atoms with Crippen molar-refractivity contribution >= 4 is 17.6 Å². The zero-order valence-corrected chi connectivity index (χ0v) is 19.0. The third-order valence-corrected chi connectivity index (χ3v) is 5.49. The molecule has 1 fully saturated rings. The highest BCUT2D eigenvalue weighted by atomic mass is 35.5. The van der Waals surface area contributed by atoms with Crippen LogP contribution < -0.4 is 14.2 Å². The molecule has 1 aliphatic rings. The number of pyridine rings is 1. The largest absolute Gasteiger partial charge is 0.438 e. The van der Waals surface area contributed by atoms with Crippen molar-refractivity contribution in [1.82, 2.24) is 15.2 Å². The van der Waals surface area contributed by atoms with Crippen LogP contribution in [0.25, 0.3) is 0 Å². The van der Waals surface area contributed by atoms with Gasteiger partial charge in [-0.1, -0.05) is 48.0 Å². The molecule has 0 N–H and O–H groups in total. The molecule has 7 nitrogen and oxygen atoms in total. The molecule has 1 aliphatic carbocycles. The molecule has 0 aliphatic heterocycles. The molecule has 0 bridgehead atoms. The van der Waals surface area contributed by atoms with Gasteiger partial charge in [0, 0.05) is 12.3 Å². The van der Waals surface area contributed by atoms with Crippen molar-refractivity contribution in [3.05, 3.63) is 94.8 Å². The normalized spacial score (nSPS) is 12.8. The summed E-state index contributed by atoms with van der Waals surface area (Å²) in [6.45, 7) is 1.96. The lowest BCUT2D eigenvalue weighted by Gasteiger charge is -2.15. The van der Waals surface area contributed by atoms with Crippen LogP contribution in [0.1, 0.15) is 40.2 Å². The third-order valence-electron chi connectivity index (χ3n) is 5.31. The third kappa shape index (κ3) is 4.84. The van der Waals surface area contributed by atoms with Crippen LogP contribution in [-0.4, -0.2) is 21.2 Å². The number of aromatic nitrogens is 3. The molecule has 2 heterocycles. The smallest absolute Gasteiger partial charge is 0.349 e. The molecule has 0 spiro atoms. The lowest BCUT2D eigenvalue weighted by atomic mass is 10.1. The first-order valence-corrected chi connectivity index (χ1v) is 11.2. The Kier molecular flexibility index (Phi) is 6.10. The molecule has 0 saturated heterocycles. The van der Waals surface area contributed by atoms with Crippen LogP contribution in [0.3, 0.4) is 0 Å². The average molecular weight is 474 g/mol. The van der Waals surface area contributed by atoms with E-state index in [0.29, 0.717) is 17.4 Å². The first kappa shape index (κ1) is 21.9. The van der Waals surface area contributed by atoms with Gasteiger partial charge in [0.2, 0.25) is 5.88 Å². The van der Waals surface area contributed by atoms with E-state index in [9.17, 15) is 4.79 Å². The summed E-state index contributed by atoms with van der Waals surface area (Å²) in [6.07, 6.45) is 3.75. The summed E-state index contributed by atoms with van der Waals surface area (Å²) < 4.78 is 17.6. The van der Waals surface area contributed by atoms with Crippen molar-refractivity contribution in [3.63, 3.8) is 0 Å². The molecule has 2 aromatic carbocycles. The molecule has 1 saturated carbocycles. The van der Waals surface area contributed by atoms with Gasteiger partial charge in [0.15, 0.2) is 10.9 Å². The number of aryl methyl sites for hydroxylation is 1. The van der Waals surface area contributed by atoms with E-state index in [-0.39, 0.29) is 28.2 Å². The van der Waals surface area contributed by atoms with E-state index in [0.717, 1.165) is 24.0 Å². The van der Waals surface area contributed by atoms with Crippen molar-refractivity contribution in [3.8, 4) is 29.0 Å². The lowest BCUT2D eigenvalue weighted by Crippen LogP contribution is -2.12. The molecule has 5 rings (SSSR count). The lowest BCUT2D eigenvalue weighted by molar-refractivity contribution is 0.0725. The van der Waals surface area contributed by atoms with E-state index in [4.69, 9.17) is 25.8 Å². The maximum Gasteiger partial charge on any atom is 0.349 e. The van der Waals surface area contributed by atoms with E-state index in [2.05, 4.69) is 15.2 Å². The van der Waals surface area contributed by atoms with Crippen molar-refractivity contribution < 1.29 is 19.0 Å². The number of para-hydroxylation sites is 2. The Morgan fingerprint density at radius 2 is 1.76 bits per heavy atom. The number of nitrogens with zero attached hydrogens (tertiary/aromatic N) is 3. The van der Waals surface area contributed by atoms with Gasteiger partial charge in [-0.2, -0.15) is 0 Å². The molecule has 2 aromatic heterocycles. The molecule has 4 aromatic rings. The summed E-state index contributed by atoms with van der Waals surface area (Å²) in [4.78, 5) is 17.3. The highest BCUT2D eigenvalue weighted by Gasteiger charge is 2.29. The monoisotopic (exact) mass is 473 g/mol. The standard InChI is InChI=1S/C26H20ClN3O4/c1-16-7-5-10-19(17-12-13-17)23(16)34-25-21(15-22(27)29-30-25)33-26(31)20-11-6-14-28-24(20)32-18-8-3-2-4-9-18/h2-11,14-15,17H,12-13H2,1H3. The number of esters is 1. The Hall–Kier alpha value is -3.97. The fraction of sp³-hybridized carbons (Fsp3) is 0.154. The molecule has 8 heteroatoms. The molecule has 0 amide bonds. The number of ether oxygens (including phenoxy) is 3. The van der Waals surface area contributed by atoms with Crippen LogP contribution >= 0.6 is 11.6 Å². The van der Waals surface area contributed by atoms with E-state index in [1.807, 2.05) is 43.3 Å². The van der Waals surface area contributed by atoms with Gasteiger partial charge in [-0.15, -0.1) is 10.2 Å². The SMILES string of the molecule is Cc1cccc(C2CC2)c1Oc1nnc(Cl)cc1OC(=O)c1cccnc1Oc1ccccc1. The zero-order chi connectivity index (χ0) is 23.5. The Bertz CT molecular complexity index is 1340. The van der Waals surface area contributed by atoms with Gasteiger partial charge in [0.1, 0.15) is 17.1 Å². The maximum atomic E-state index is 13.1. The van der Waals surface area contributed by atoms with Crippen LogP contribution in [0, 0.1) is 6.92 Å². The molecule has 0 unspecified atom stereocenters. The van der Waals surface area contributed by atoms with Crippen molar-refractivity contribution in [2.75, 3.05) is 0 Å². The van der Waals surface area contributed by atoms with Crippen LogP contribution in [0.15, 0.2) is 72.9 Å². The number of hydrogen-bond acceptors (Lipinski definition) is 7. The van der Waals surface area contributed by atoms with Gasteiger partial charge in [0.25, 0.3) is 5.88 Å². The molecule has 34 heavy (non-hydrogen) atoms. The van der Waals surface area contributed by atoms with Gasteiger partial charge < -0.3 is 14.2 Å². The minimum atomic E-state index is -0.694. The summed E-state index contributed by atoms with van der Waals surface area (Å²) in [5.74, 6) is 1.19. The molecular weight excluding hydrogens is 454 g/mol. The molecule has 0 atom stereocenters. The summed E-state index contributed by atoms with van der Waals surface area (Å²) >= 11 is 6.05. The highest BCUT2D eigenvalue weighted by molar-refractivity contribution is 6.29. The minimum absolute atomic E-state index is 0.0448. The fourth-order valence-corrected chi connectivity index (χ4v) is 3.63. The van der Waals surface area contributed by atoms with Gasteiger partial charge in [-0.25, -0.2) is 9.78 Å². The van der Waals surface area contributed by atoms with Crippen LogP contribution in [-0.2, 0) is 0 Å². The number of halogens is 1. The van der Waals surface area contributed by atoms with Gasteiger partial charge in [-0.05, 0) is 61.1 Å². The zero-order valence-electron chi connectivity index (χ0n) is 18.3. The van der Waals surface area contributed by atoms with Crippen molar-refractivity contribution in [1.29, 1.82) is 0 Å². The topological polar surface area (TPSA) is 83.4 Å². The molecular formula is C26H20ClN3O4. The van der Waals surface area contributed by atoms with Crippen molar-refractivity contribution in [2.24, 2.45) is 0 Å². The van der Waals surface area contributed by atoms with Crippen LogP contribution in [0.5, 0.6) is 29.0 Å². The van der Waals surface area contributed by atoms with Crippen LogP contribution in [0.2, 0.25) is 5.15 Å². The molecule has 170 valence electrons. The summed E-state index contributed by atoms with van der Waals surface area (Å²) in [5, 5.41) is 7.98. The Balaban J connectivity index is 1.43. The van der Waals surface area contributed by atoms with E-state index >= 15 is 0 Å². The maximum absolute atomic E-state index is 13.1. The first-order valence-electron chi connectivity index (χ1n) is 10.8. The second-order valence-corrected chi connectivity index (χ2v) is 8.25. The van der Waals surface area contributed by atoms with Gasteiger partial charge in [-0.3, -0.25) is 0 Å². The highest BCUT2D eigenvalue weighted by Crippen LogP contribution is 2.47. The number of carbonyl (C=O) groups excluding carboxylic acids is 1. The number of benzene rings is 2. The van der Waals surface area contributed by atoms with Gasteiger partial charge in [0.05, 0.1) is 0 Å². The minimum Gasteiger partial charge on any atom is -0.438 e. The second-order valence-electron chi connectivity index (χ2n) is 7.87. The average Bonchev–Trinajstić information content (AvgIpc) is 3.68.